The highest BCUT2D eigenvalue weighted by Crippen LogP contribution is 2.41. The molecule has 5 nitrogen and oxygen atoms in total. The van der Waals surface area contributed by atoms with Crippen LogP contribution in [0.2, 0.25) is 0 Å². The lowest BCUT2D eigenvalue weighted by Gasteiger charge is -2.41. The Balaban J connectivity index is 1.26. The number of piperidine rings is 1. The third kappa shape index (κ3) is 4.78. The Morgan fingerprint density at radius 1 is 1.08 bits per heavy atom. The number of amides is 2. The highest BCUT2D eigenvalue weighted by atomic mass is 32.2. The molecule has 2 amide bonds. The predicted molar refractivity (Wildman–Crippen MR) is 133 cm³/mol. The van der Waals surface area contributed by atoms with Crippen LogP contribution in [0.25, 0.3) is 0 Å². The summed E-state index contributed by atoms with van der Waals surface area (Å²) in [6.45, 7) is 4.33. The van der Waals surface area contributed by atoms with E-state index < -0.39 is 23.5 Å². The summed E-state index contributed by atoms with van der Waals surface area (Å²) in [5.74, 6) is -2.49. The summed E-state index contributed by atoms with van der Waals surface area (Å²) in [6, 6.07) is 8.46. The van der Waals surface area contributed by atoms with Crippen LogP contribution in [0.15, 0.2) is 48.7 Å². The minimum atomic E-state index is -1.21. The Labute approximate surface area is 212 Å². The molecule has 0 saturated carbocycles. The molecule has 0 radical (unpaired) electrons. The zero-order valence-corrected chi connectivity index (χ0v) is 20.6. The van der Waals surface area contributed by atoms with E-state index in [1.54, 1.807) is 11.0 Å². The van der Waals surface area contributed by atoms with Gasteiger partial charge in [-0.05, 0) is 67.3 Å². The number of hydrogen-bond acceptors (Lipinski definition) is 4. The second-order valence-corrected chi connectivity index (χ2v) is 10.9. The molecule has 3 heterocycles. The van der Waals surface area contributed by atoms with Crippen molar-refractivity contribution in [2.75, 3.05) is 5.75 Å². The summed E-state index contributed by atoms with van der Waals surface area (Å²) < 4.78 is 41.0. The standard InChI is InChI=1S/C27H28F3N3O2S/c1-15-14-36-27(35)32(15)13-16-3-2-4-17(7-16)26(34)33-20-5-6-21(33)9-19(8-20)25(31)11-18-10-23(29)24(30)12-22(18)28/h2-4,7,10,12,19-21,25H,1,5-6,8-9,11,13-14,31H2. The van der Waals surface area contributed by atoms with Gasteiger partial charge in [0.1, 0.15) is 5.82 Å². The molecule has 190 valence electrons. The quantitative estimate of drug-likeness (QED) is 0.535. The molecule has 3 saturated heterocycles. The average molecular weight is 516 g/mol. The Morgan fingerprint density at radius 2 is 1.78 bits per heavy atom. The van der Waals surface area contributed by atoms with Crippen LogP contribution in [0.1, 0.15) is 47.2 Å². The van der Waals surface area contributed by atoms with Crippen molar-refractivity contribution in [2.45, 2.75) is 56.8 Å². The Bertz CT molecular complexity index is 1190. The van der Waals surface area contributed by atoms with E-state index in [-0.39, 0.29) is 41.1 Å². The van der Waals surface area contributed by atoms with E-state index in [9.17, 15) is 22.8 Å². The number of carbonyl (C=O) groups is 2. The number of benzene rings is 2. The topological polar surface area (TPSA) is 66.6 Å². The molecule has 3 atom stereocenters. The van der Waals surface area contributed by atoms with Gasteiger partial charge < -0.3 is 15.5 Å². The van der Waals surface area contributed by atoms with Crippen LogP contribution in [-0.2, 0) is 13.0 Å². The molecule has 0 spiro atoms. The van der Waals surface area contributed by atoms with Gasteiger partial charge in [0.05, 0.1) is 6.54 Å². The van der Waals surface area contributed by atoms with Crippen LogP contribution < -0.4 is 5.73 Å². The average Bonchev–Trinajstić information content (AvgIpc) is 3.30. The van der Waals surface area contributed by atoms with E-state index in [4.69, 9.17) is 5.73 Å². The molecule has 5 rings (SSSR count). The SMILES string of the molecule is C=C1CSC(=O)N1Cc1cccc(C(=O)N2C3CCC2CC(C(N)Cc2cc(F)c(F)cc2F)C3)c1. The van der Waals surface area contributed by atoms with Crippen LogP contribution in [0, 0.1) is 23.4 Å². The lowest BCUT2D eigenvalue weighted by atomic mass is 9.82. The summed E-state index contributed by atoms with van der Waals surface area (Å²) in [7, 11) is 0. The Hall–Kier alpha value is -2.78. The molecular formula is C27H28F3N3O2S. The number of rotatable bonds is 6. The minimum absolute atomic E-state index is 0.0297. The van der Waals surface area contributed by atoms with E-state index in [0.29, 0.717) is 36.8 Å². The molecule has 0 aromatic heterocycles. The number of carbonyl (C=O) groups excluding carboxylic acids is 2. The highest BCUT2D eigenvalue weighted by Gasteiger charge is 2.44. The van der Waals surface area contributed by atoms with Crippen LogP contribution in [0.5, 0.6) is 0 Å². The first-order chi connectivity index (χ1) is 17.2. The van der Waals surface area contributed by atoms with Crippen molar-refractivity contribution in [3.63, 3.8) is 0 Å². The van der Waals surface area contributed by atoms with Crippen LogP contribution in [0.3, 0.4) is 0 Å². The van der Waals surface area contributed by atoms with Gasteiger partial charge in [-0.1, -0.05) is 30.5 Å². The van der Waals surface area contributed by atoms with Crippen LogP contribution >= 0.6 is 11.8 Å². The largest absolute Gasteiger partial charge is 0.333 e. The molecule has 3 fully saturated rings. The van der Waals surface area contributed by atoms with E-state index in [0.717, 1.165) is 30.2 Å². The van der Waals surface area contributed by atoms with Crippen LogP contribution in [-0.4, -0.2) is 44.8 Å². The van der Waals surface area contributed by atoms with Crippen LogP contribution in [0.4, 0.5) is 18.0 Å². The number of nitrogens with zero attached hydrogens (tertiary/aromatic N) is 2. The van der Waals surface area contributed by atoms with E-state index in [2.05, 4.69) is 6.58 Å². The van der Waals surface area contributed by atoms with Crippen molar-refractivity contribution in [1.82, 2.24) is 9.80 Å². The molecule has 2 aromatic rings. The summed E-state index contributed by atoms with van der Waals surface area (Å²) in [5, 5.41) is -0.0311. The first-order valence-electron chi connectivity index (χ1n) is 12.1. The number of fused-ring (bicyclic) bond motifs is 2. The fraction of sp³-hybridized carbons (Fsp3) is 0.407. The van der Waals surface area contributed by atoms with Gasteiger partial charge in [0, 0.05) is 41.2 Å². The Morgan fingerprint density at radius 3 is 2.44 bits per heavy atom. The van der Waals surface area contributed by atoms with Gasteiger partial charge in [-0.3, -0.25) is 9.59 Å². The summed E-state index contributed by atoms with van der Waals surface area (Å²) in [5.41, 5.74) is 8.71. The second-order valence-electron chi connectivity index (χ2n) is 9.96. The normalized spacial score (nSPS) is 24.5. The maximum Gasteiger partial charge on any atom is 0.286 e. The molecule has 36 heavy (non-hydrogen) atoms. The van der Waals surface area contributed by atoms with Gasteiger partial charge in [-0.15, -0.1) is 0 Å². The summed E-state index contributed by atoms with van der Waals surface area (Å²) in [6.07, 6.45) is 3.24. The lowest BCUT2D eigenvalue weighted by molar-refractivity contribution is 0.0499. The minimum Gasteiger partial charge on any atom is -0.333 e. The smallest absolute Gasteiger partial charge is 0.286 e. The second kappa shape index (κ2) is 9.94. The van der Waals surface area contributed by atoms with Gasteiger partial charge in [0.2, 0.25) is 0 Å². The monoisotopic (exact) mass is 515 g/mol. The summed E-state index contributed by atoms with van der Waals surface area (Å²) in [4.78, 5) is 29.2. The third-order valence-electron chi connectivity index (χ3n) is 7.63. The number of thioether (sulfide) groups is 1. The zero-order valence-electron chi connectivity index (χ0n) is 19.8. The van der Waals surface area contributed by atoms with E-state index in [1.807, 2.05) is 23.1 Å². The molecule has 0 aliphatic carbocycles. The molecule has 2 aromatic carbocycles. The van der Waals surface area contributed by atoms with Gasteiger partial charge in [-0.25, -0.2) is 13.2 Å². The van der Waals surface area contributed by atoms with Crippen molar-refractivity contribution in [3.05, 3.63) is 82.8 Å². The fourth-order valence-corrected chi connectivity index (χ4v) is 6.58. The highest BCUT2D eigenvalue weighted by molar-refractivity contribution is 8.14. The first kappa shape index (κ1) is 24.9. The summed E-state index contributed by atoms with van der Waals surface area (Å²) >= 11 is 1.23. The van der Waals surface area contributed by atoms with Crippen molar-refractivity contribution in [1.29, 1.82) is 0 Å². The van der Waals surface area contributed by atoms with Gasteiger partial charge in [0.15, 0.2) is 11.6 Å². The zero-order chi connectivity index (χ0) is 25.6. The molecule has 2 bridgehead atoms. The van der Waals surface area contributed by atoms with Crippen molar-refractivity contribution < 1.29 is 22.8 Å². The van der Waals surface area contributed by atoms with E-state index >= 15 is 0 Å². The molecule has 9 heteroatoms. The fourth-order valence-electron chi connectivity index (χ4n) is 5.78. The molecule has 3 aliphatic heterocycles. The van der Waals surface area contributed by atoms with Crippen molar-refractivity contribution in [2.24, 2.45) is 11.7 Å². The van der Waals surface area contributed by atoms with Gasteiger partial charge in [-0.2, -0.15) is 0 Å². The van der Waals surface area contributed by atoms with Crippen molar-refractivity contribution >= 4 is 22.9 Å². The molecular weight excluding hydrogens is 487 g/mol. The molecule has 2 N–H and O–H groups in total. The lowest BCUT2D eigenvalue weighted by Crippen LogP contribution is -2.50. The first-order valence-corrected chi connectivity index (χ1v) is 13.1. The maximum atomic E-state index is 14.1. The maximum absolute atomic E-state index is 14.1. The third-order valence-corrected chi connectivity index (χ3v) is 8.58. The van der Waals surface area contributed by atoms with Gasteiger partial charge in [0.25, 0.3) is 11.1 Å². The number of halogens is 3. The van der Waals surface area contributed by atoms with Crippen molar-refractivity contribution in [3.8, 4) is 0 Å². The molecule has 3 unspecified atom stereocenters. The van der Waals surface area contributed by atoms with Gasteiger partial charge >= 0.3 is 0 Å². The Kier molecular flexibility index (Phi) is 6.87. The number of hydrogen-bond donors (Lipinski definition) is 1. The number of nitrogens with two attached hydrogens (primary N) is 1. The van der Waals surface area contributed by atoms with E-state index in [1.165, 1.54) is 11.8 Å². The molecule has 3 aliphatic rings. The predicted octanol–water partition coefficient (Wildman–Crippen LogP) is 5.24.